The molecule has 0 saturated carbocycles. The highest BCUT2D eigenvalue weighted by Crippen LogP contribution is 2.25. The highest BCUT2D eigenvalue weighted by Gasteiger charge is 2.27. The van der Waals surface area contributed by atoms with Crippen LogP contribution >= 0.6 is 11.6 Å². The lowest BCUT2D eigenvalue weighted by Crippen LogP contribution is -2.29. The summed E-state index contributed by atoms with van der Waals surface area (Å²) in [5, 5.41) is 9.62. The number of hydrogen-bond donors (Lipinski definition) is 1. The number of nitrogens with zero attached hydrogens (tertiary/aromatic N) is 1. The van der Waals surface area contributed by atoms with Gasteiger partial charge in [0.05, 0.1) is 10.6 Å². The molecule has 0 aromatic heterocycles. The highest BCUT2D eigenvalue weighted by atomic mass is 35.5. The minimum Gasteiger partial charge on any atom is -0.396 e. The maximum Gasteiger partial charge on any atom is 0.255 e. The third kappa shape index (κ3) is 2.52. The van der Waals surface area contributed by atoms with Gasteiger partial charge in [0, 0.05) is 25.6 Å². The Kier molecular flexibility index (Phi) is 3.93. The molecule has 4 heteroatoms. The van der Waals surface area contributed by atoms with Crippen LogP contribution in [0.1, 0.15) is 27.9 Å². The van der Waals surface area contributed by atoms with E-state index in [1.165, 1.54) is 0 Å². The Morgan fingerprint density at radius 2 is 2.11 bits per heavy atom. The summed E-state index contributed by atoms with van der Waals surface area (Å²) >= 11 is 6.15. The molecule has 1 heterocycles. The summed E-state index contributed by atoms with van der Waals surface area (Å²) in [7, 11) is 0. The van der Waals surface area contributed by atoms with Crippen molar-refractivity contribution in [3.63, 3.8) is 0 Å². The third-order valence-corrected chi connectivity index (χ3v) is 3.96. The lowest BCUT2D eigenvalue weighted by atomic mass is 10.1. The quantitative estimate of drug-likeness (QED) is 0.894. The van der Waals surface area contributed by atoms with Gasteiger partial charge in [-0.1, -0.05) is 11.6 Å². The maximum absolute atomic E-state index is 12.4. The molecule has 1 aromatic rings. The zero-order valence-electron chi connectivity index (χ0n) is 10.7. The van der Waals surface area contributed by atoms with Gasteiger partial charge in [-0.25, -0.2) is 0 Å². The molecule has 1 unspecified atom stereocenters. The molecule has 1 aliphatic rings. The predicted molar refractivity (Wildman–Crippen MR) is 72.0 cm³/mol. The van der Waals surface area contributed by atoms with Crippen LogP contribution in [0.25, 0.3) is 0 Å². The van der Waals surface area contributed by atoms with Gasteiger partial charge in [0.15, 0.2) is 0 Å². The maximum atomic E-state index is 12.4. The first-order chi connectivity index (χ1) is 8.52. The zero-order chi connectivity index (χ0) is 13.3. The molecule has 18 heavy (non-hydrogen) atoms. The molecule has 1 atom stereocenters. The molecule has 1 fully saturated rings. The average molecular weight is 268 g/mol. The second kappa shape index (κ2) is 5.29. The van der Waals surface area contributed by atoms with E-state index >= 15 is 0 Å². The minimum absolute atomic E-state index is 0.0287. The molecular weight excluding hydrogens is 250 g/mol. The molecule has 1 amide bonds. The van der Waals surface area contributed by atoms with Gasteiger partial charge >= 0.3 is 0 Å². The smallest absolute Gasteiger partial charge is 0.255 e. The van der Waals surface area contributed by atoms with Gasteiger partial charge in [0.2, 0.25) is 0 Å². The number of aryl methyl sites for hydroxylation is 2. The Hall–Kier alpha value is -1.06. The van der Waals surface area contributed by atoms with E-state index < -0.39 is 0 Å². The Balaban J connectivity index is 2.22. The molecule has 1 N–H and O–H groups in total. The molecule has 1 aromatic carbocycles. The van der Waals surface area contributed by atoms with Gasteiger partial charge in [-0.3, -0.25) is 4.79 Å². The number of likely N-dealkylation sites (tertiary alicyclic amines) is 1. The van der Waals surface area contributed by atoms with Crippen LogP contribution in [0, 0.1) is 19.8 Å². The van der Waals surface area contributed by atoms with Crippen LogP contribution in [-0.2, 0) is 0 Å². The molecule has 0 spiro atoms. The first-order valence-electron chi connectivity index (χ1n) is 6.19. The predicted octanol–water partition coefficient (Wildman–Crippen LogP) is 2.41. The second-order valence-corrected chi connectivity index (χ2v) is 5.41. The molecule has 2 rings (SSSR count). The second-order valence-electron chi connectivity index (χ2n) is 5.00. The van der Waals surface area contributed by atoms with Gasteiger partial charge < -0.3 is 10.0 Å². The van der Waals surface area contributed by atoms with Gasteiger partial charge in [-0.15, -0.1) is 0 Å². The number of rotatable bonds is 2. The molecule has 98 valence electrons. The number of aliphatic hydroxyl groups is 1. The topological polar surface area (TPSA) is 40.5 Å². The van der Waals surface area contributed by atoms with Crippen molar-refractivity contribution in [2.45, 2.75) is 20.3 Å². The van der Waals surface area contributed by atoms with E-state index in [0.717, 1.165) is 17.5 Å². The van der Waals surface area contributed by atoms with Crippen molar-refractivity contribution < 1.29 is 9.90 Å². The lowest BCUT2D eigenvalue weighted by Gasteiger charge is -2.18. The third-order valence-electron chi connectivity index (χ3n) is 3.65. The highest BCUT2D eigenvalue weighted by molar-refractivity contribution is 6.34. The van der Waals surface area contributed by atoms with Crippen molar-refractivity contribution in [3.8, 4) is 0 Å². The van der Waals surface area contributed by atoms with Crippen LogP contribution in [0.3, 0.4) is 0 Å². The Morgan fingerprint density at radius 1 is 1.44 bits per heavy atom. The number of hydrogen-bond acceptors (Lipinski definition) is 2. The van der Waals surface area contributed by atoms with Crippen LogP contribution in [0.2, 0.25) is 5.02 Å². The van der Waals surface area contributed by atoms with E-state index in [2.05, 4.69) is 0 Å². The molecule has 0 aliphatic carbocycles. The fraction of sp³-hybridized carbons (Fsp3) is 0.500. The van der Waals surface area contributed by atoms with E-state index in [4.69, 9.17) is 16.7 Å². The van der Waals surface area contributed by atoms with Crippen molar-refractivity contribution >= 4 is 17.5 Å². The molecule has 0 radical (unpaired) electrons. The summed E-state index contributed by atoms with van der Waals surface area (Å²) < 4.78 is 0. The Labute approximate surface area is 112 Å². The molecule has 1 saturated heterocycles. The molecule has 3 nitrogen and oxygen atoms in total. The normalized spacial score (nSPS) is 19.3. The monoisotopic (exact) mass is 267 g/mol. The summed E-state index contributed by atoms with van der Waals surface area (Å²) in [5.41, 5.74) is 2.73. The Morgan fingerprint density at radius 3 is 2.72 bits per heavy atom. The van der Waals surface area contributed by atoms with Crippen molar-refractivity contribution in [1.29, 1.82) is 0 Å². The number of carbonyl (C=O) groups excluding carboxylic acids is 1. The summed E-state index contributed by atoms with van der Waals surface area (Å²) in [6.45, 7) is 5.42. The zero-order valence-corrected chi connectivity index (χ0v) is 11.5. The molecular formula is C14H18ClNO2. The van der Waals surface area contributed by atoms with Gasteiger partial charge in [-0.05, 0) is 43.5 Å². The fourth-order valence-electron chi connectivity index (χ4n) is 2.28. The van der Waals surface area contributed by atoms with Crippen molar-refractivity contribution in [1.82, 2.24) is 4.90 Å². The Bertz CT molecular complexity index is 473. The fourth-order valence-corrected chi connectivity index (χ4v) is 2.58. The number of benzene rings is 1. The number of aliphatic hydroxyl groups excluding tert-OH is 1. The van der Waals surface area contributed by atoms with Crippen molar-refractivity contribution in [2.24, 2.45) is 5.92 Å². The summed E-state index contributed by atoms with van der Waals surface area (Å²) in [6.07, 6.45) is 0.866. The standard InChI is InChI=1S/C14H18ClNO2/c1-9-5-12(13(15)6-10(9)2)14(18)16-4-3-11(7-16)8-17/h5-6,11,17H,3-4,7-8H2,1-2H3. The number of carbonyl (C=O) groups is 1. The van der Waals surface area contributed by atoms with E-state index in [0.29, 0.717) is 23.7 Å². The lowest BCUT2D eigenvalue weighted by molar-refractivity contribution is 0.0782. The van der Waals surface area contributed by atoms with Gasteiger partial charge in [0.25, 0.3) is 5.91 Å². The largest absolute Gasteiger partial charge is 0.396 e. The summed E-state index contributed by atoms with van der Waals surface area (Å²) in [4.78, 5) is 14.1. The minimum atomic E-state index is -0.0287. The van der Waals surface area contributed by atoms with Crippen LogP contribution in [-0.4, -0.2) is 35.6 Å². The van der Waals surface area contributed by atoms with Crippen LogP contribution in [0.15, 0.2) is 12.1 Å². The van der Waals surface area contributed by atoms with Gasteiger partial charge in [-0.2, -0.15) is 0 Å². The first kappa shape index (κ1) is 13.4. The number of halogens is 1. The number of amides is 1. The SMILES string of the molecule is Cc1cc(Cl)c(C(=O)N2CCC(CO)C2)cc1C. The van der Waals surface area contributed by atoms with Crippen molar-refractivity contribution in [2.75, 3.05) is 19.7 Å². The van der Waals surface area contributed by atoms with Crippen LogP contribution < -0.4 is 0 Å². The average Bonchev–Trinajstić information content (AvgIpc) is 2.81. The van der Waals surface area contributed by atoms with E-state index in [-0.39, 0.29) is 18.4 Å². The first-order valence-corrected chi connectivity index (χ1v) is 6.57. The van der Waals surface area contributed by atoms with Crippen LogP contribution in [0.5, 0.6) is 0 Å². The molecule has 0 bridgehead atoms. The molecule has 1 aliphatic heterocycles. The van der Waals surface area contributed by atoms with Crippen LogP contribution in [0.4, 0.5) is 0 Å². The van der Waals surface area contributed by atoms with E-state index in [1.807, 2.05) is 26.0 Å². The summed E-state index contributed by atoms with van der Waals surface area (Å²) in [6, 6.07) is 3.69. The van der Waals surface area contributed by atoms with E-state index in [9.17, 15) is 4.79 Å². The summed E-state index contributed by atoms with van der Waals surface area (Å²) in [5.74, 6) is 0.179. The van der Waals surface area contributed by atoms with Crippen molar-refractivity contribution in [3.05, 3.63) is 33.8 Å². The van der Waals surface area contributed by atoms with Gasteiger partial charge in [0.1, 0.15) is 0 Å². The van der Waals surface area contributed by atoms with E-state index in [1.54, 1.807) is 4.90 Å².